The molecule has 6 rings (SSSR count). The standard InChI is InChI=1S/C38H53N5O4/c39-35(44)23-31(20-26-12-9-13-26)40-37(46)34-24-32(42-18-7-2-8-19-42)25-43(34)38(47)33(21-27-10-3-1-4-11-27)41-36(45)30-17-16-28-14-5-6-15-29(28)22-30/h5-6,14-17,22,26-27,31-34H,1-4,7-13,18-21,23-25H2,(H2,39,44)(H,40,46)(H,41,45)/t31?,32-,33+,34-/m0/s1. The average molecular weight is 644 g/mol. The predicted octanol–water partition coefficient (Wildman–Crippen LogP) is 4.91. The van der Waals surface area contributed by atoms with E-state index in [1.807, 2.05) is 42.5 Å². The van der Waals surface area contributed by atoms with Gasteiger partial charge in [-0.3, -0.25) is 24.1 Å². The number of piperidine rings is 1. The van der Waals surface area contributed by atoms with Crippen LogP contribution in [-0.2, 0) is 14.4 Å². The Morgan fingerprint density at radius 2 is 1.47 bits per heavy atom. The van der Waals surface area contributed by atoms with Crippen molar-refractivity contribution < 1.29 is 19.2 Å². The molecule has 0 bridgehead atoms. The van der Waals surface area contributed by atoms with Crippen molar-refractivity contribution in [1.29, 1.82) is 0 Å². The third-order valence-corrected chi connectivity index (χ3v) is 11.3. The smallest absolute Gasteiger partial charge is 0.251 e. The molecule has 2 aromatic rings. The van der Waals surface area contributed by atoms with Crippen LogP contribution >= 0.6 is 0 Å². The number of hydrogen-bond donors (Lipinski definition) is 3. The maximum absolute atomic E-state index is 14.7. The minimum Gasteiger partial charge on any atom is -0.370 e. The normalized spacial score (nSPS) is 24.0. The van der Waals surface area contributed by atoms with Gasteiger partial charge in [0.1, 0.15) is 12.1 Å². The van der Waals surface area contributed by atoms with Gasteiger partial charge >= 0.3 is 0 Å². The molecule has 9 heteroatoms. The summed E-state index contributed by atoms with van der Waals surface area (Å²) in [4.78, 5) is 58.7. The number of rotatable bonds is 12. The number of carbonyl (C=O) groups excluding carboxylic acids is 4. The number of nitrogens with one attached hydrogen (secondary N) is 2. The van der Waals surface area contributed by atoms with Gasteiger partial charge in [-0.2, -0.15) is 0 Å². The largest absolute Gasteiger partial charge is 0.370 e. The molecular weight excluding hydrogens is 590 g/mol. The van der Waals surface area contributed by atoms with Crippen LogP contribution in [0.1, 0.15) is 107 Å². The van der Waals surface area contributed by atoms with Gasteiger partial charge < -0.3 is 21.3 Å². The Morgan fingerprint density at radius 3 is 2.17 bits per heavy atom. The zero-order valence-corrected chi connectivity index (χ0v) is 27.8. The van der Waals surface area contributed by atoms with Crippen molar-refractivity contribution in [1.82, 2.24) is 20.4 Å². The van der Waals surface area contributed by atoms with Crippen LogP contribution < -0.4 is 16.4 Å². The summed E-state index contributed by atoms with van der Waals surface area (Å²) < 4.78 is 0. The maximum Gasteiger partial charge on any atom is 0.251 e. The summed E-state index contributed by atoms with van der Waals surface area (Å²) in [5.41, 5.74) is 6.13. The van der Waals surface area contributed by atoms with Crippen molar-refractivity contribution in [2.24, 2.45) is 17.6 Å². The Kier molecular flexibility index (Phi) is 11.1. The van der Waals surface area contributed by atoms with Crippen molar-refractivity contribution in [3.8, 4) is 0 Å². The van der Waals surface area contributed by atoms with Gasteiger partial charge in [0, 0.05) is 30.6 Å². The molecule has 0 radical (unpaired) electrons. The number of amides is 4. The van der Waals surface area contributed by atoms with Gasteiger partial charge in [-0.05, 0) is 79.9 Å². The van der Waals surface area contributed by atoms with Gasteiger partial charge in [0.05, 0.1) is 0 Å². The lowest BCUT2D eigenvalue weighted by molar-refractivity contribution is -0.140. The Balaban J connectivity index is 1.24. The highest BCUT2D eigenvalue weighted by Crippen LogP contribution is 2.33. The molecule has 2 saturated heterocycles. The summed E-state index contributed by atoms with van der Waals surface area (Å²) in [5, 5.41) is 8.34. The first-order chi connectivity index (χ1) is 22.8. The Morgan fingerprint density at radius 1 is 0.787 bits per heavy atom. The molecule has 2 aromatic carbocycles. The molecule has 4 N–H and O–H groups in total. The summed E-state index contributed by atoms with van der Waals surface area (Å²) in [6.07, 6.45) is 14.4. The molecule has 9 nitrogen and oxygen atoms in total. The number of likely N-dealkylation sites (tertiary alicyclic amines) is 2. The first-order valence-electron chi connectivity index (χ1n) is 18.3. The average Bonchev–Trinajstić information content (AvgIpc) is 3.52. The summed E-state index contributed by atoms with van der Waals surface area (Å²) in [6, 6.07) is 12.0. The van der Waals surface area contributed by atoms with Crippen LogP contribution in [0.4, 0.5) is 0 Å². The SMILES string of the molecule is NC(=O)CC(CC1CCC1)NC(=O)[C@@H]1C[C@H](N2CCCCC2)CN1C(=O)[C@@H](CC1CCCCC1)NC(=O)c1ccc2ccccc2c1. The molecule has 4 atom stereocenters. The Labute approximate surface area is 279 Å². The molecule has 2 saturated carbocycles. The van der Waals surface area contributed by atoms with Crippen molar-refractivity contribution in [2.45, 2.75) is 120 Å². The molecule has 0 spiro atoms. The molecule has 4 fully saturated rings. The van der Waals surface area contributed by atoms with Crippen LogP contribution in [0.15, 0.2) is 42.5 Å². The summed E-state index contributed by atoms with van der Waals surface area (Å²) in [6.45, 7) is 2.40. The highest BCUT2D eigenvalue weighted by atomic mass is 16.2. The topological polar surface area (TPSA) is 125 Å². The van der Waals surface area contributed by atoms with Gasteiger partial charge in [0.15, 0.2) is 0 Å². The molecule has 0 aromatic heterocycles. The highest BCUT2D eigenvalue weighted by molar-refractivity contribution is 6.01. The van der Waals surface area contributed by atoms with Crippen LogP contribution in [0.5, 0.6) is 0 Å². The van der Waals surface area contributed by atoms with Crippen LogP contribution in [0.25, 0.3) is 10.8 Å². The molecular formula is C38H53N5O4. The van der Waals surface area contributed by atoms with E-state index in [2.05, 4.69) is 15.5 Å². The monoisotopic (exact) mass is 643 g/mol. The number of primary amides is 1. The highest BCUT2D eigenvalue weighted by Gasteiger charge is 2.45. The lowest BCUT2D eigenvalue weighted by Crippen LogP contribution is -2.55. The number of carbonyl (C=O) groups is 4. The van der Waals surface area contributed by atoms with E-state index in [0.29, 0.717) is 36.8 Å². The van der Waals surface area contributed by atoms with Crippen LogP contribution in [-0.4, -0.2) is 77.2 Å². The van der Waals surface area contributed by atoms with Crippen molar-refractivity contribution in [2.75, 3.05) is 19.6 Å². The zero-order valence-electron chi connectivity index (χ0n) is 27.8. The van der Waals surface area contributed by atoms with Gasteiger partial charge in [-0.1, -0.05) is 88.1 Å². The van der Waals surface area contributed by atoms with E-state index in [9.17, 15) is 19.2 Å². The van der Waals surface area contributed by atoms with Crippen molar-refractivity contribution in [3.05, 3.63) is 48.0 Å². The van der Waals surface area contributed by atoms with Crippen LogP contribution in [0.3, 0.4) is 0 Å². The maximum atomic E-state index is 14.7. The number of fused-ring (bicyclic) bond motifs is 1. The number of benzene rings is 2. The van der Waals surface area contributed by atoms with Crippen molar-refractivity contribution >= 4 is 34.4 Å². The van der Waals surface area contributed by atoms with Crippen molar-refractivity contribution in [3.63, 3.8) is 0 Å². The molecule has 4 amide bonds. The van der Waals surface area contributed by atoms with E-state index < -0.39 is 18.0 Å². The zero-order chi connectivity index (χ0) is 32.8. The minimum absolute atomic E-state index is 0.0859. The second-order valence-electron chi connectivity index (χ2n) is 14.7. The van der Waals surface area contributed by atoms with E-state index in [0.717, 1.165) is 81.6 Å². The second kappa shape index (κ2) is 15.6. The summed E-state index contributed by atoms with van der Waals surface area (Å²) >= 11 is 0. The Bertz CT molecular complexity index is 1410. The Hall–Kier alpha value is -3.46. The summed E-state index contributed by atoms with van der Waals surface area (Å²) in [5.74, 6) is -0.226. The van der Waals surface area contributed by atoms with E-state index in [4.69, 9.17) is 5.73 Å². The van der Waals surface area contributed by atoms with Gasteiger partial charge in [0.2, 0.25) is 17.7 Å². The van der Waals surface area contributed by atoms with Crippen LogP contribution in [0, 0.1) is 11.8 Å². The molecule has 4 aliphatic rings. The third kappa shape index (κ3) is 8.53. The lowest BCUT2D eigenvalue weighted by Gasteiger charge is -2.34. The second-order valence-corrected chi connectivity index (χ2v) is 14.7. The fourth-order valence-electron chi connectivity index (χ4n) is 8.47. The minimum atomic E-state index is -0.719. The number of nitrogens with zero attached hydrogens (tertiary/aromatic N) is 2. The van der Waals surface area contributed by atoms with Gasteiger partial charge in [-0.15, -0.1) is 0 Å². The van der Waals surface area contributed by atoms with Gasteiger partial charge in [-0.25, -0.2) is 0 Å². The van der Waals surface area contributed by atoms with E-state index in [-0.39, 0.29) is 36.2 Å². The van der Waals surface area contributed by atoms with E-state index in [1.165, 1.54) is 19.3 Å². The van der Waals surface area contributed by atoms with E-state index in [1.54, 1.807) is 4.90 Å². The lowest BCUT2D eigenvalue weighted by atomic mass is 9.80. The van der Waals surface area contributed by atoms with E-state index >= 15 is 0 Å². The number of nitrogens with two attached hydrogens (primary N) is 1. The molecule has 254 valence electrons. The fraction of sp³-hybridized carbons (Fsp3) is 0.632. The summed E-state index contributed by atoms with van der Waals surface area (Å²) in [7, 11) is 0. The molecule has 2 aliphatic carbocycles. The van der Waals surface area contributed by atoms with Gasteiger partial charge in [0.25, 0.3) is 5.91 Å². The predicted molar refractivity (Wildman–Crippen MR) is 183 cm³/mol. The molecule has 2 heterocycles. The molecule has 47 heavy (non-hydrogen) atoms. The first kappa shape index (κ1) is 33.4. The number of hydrogen-bond acceptors (Lipinski definition) is 5. The third-order valence-electron chi connectivity index (χ3n) is 11.3. The fourth-order valence-corrected chi connectivity index (χ4v) is 8.47. The molecule has 1 unspecified atom stereocenters. The molecule has 2 aliphatic heterocycles. The first-order valence-corrected chi connectivity index (χ1v) is 18.3. The quantitative estimate of drug-likeness (QED) is 0.303. The van der Waals surface area contributed by atoms with Crippen LogP contribution in [0.2, 0.25) is 0 Å².